The maximum absolute atomic E-state index is 13.6. The minimum absolute atomic E-state index is 0.107. The molecule has 2 saturated heterocycles. The standard InChI is InChI=1S/C24H26N5O6PS/c30-18-19-16(12-33-36(32)35-19)34-22(18)29-20-17(26-24(29)37-14-9-5-2-6-10-14)21(31)28-11-15(25-23(28)27-20)13-7-3-1-4-8-13/h1,3-4,7-8,11,14,16,18-19,22,30,32H,2,5-6,9-10,12H2,(H,25,27)/t16?,18-,19+,22+,36+/m0/s1. The van der Waals surface area contributed by atoms with E-state index in [1.807, 2.05) is 30.3 Å². The number of hydrogen-bond donors (Lipinski definition) is 3. The molecule has 13 heteroatoms. The summed E-state index contributed by atoms with van der Waals surface area (Å²) in [6, 6.07) is 9.70. The van der Waals surface area contributed by atoms with Gasteiger partial charge >= 0.3 is 8.60 Å². The first kappa shape index (κ1) is 23.8. The molecular weight excluding hydrogens is 517 g/mol. The molecule has 1 saturated carbocycles. The Bertz CT molecular complexity index is 1500. The van der Waals surface area contributed by atoms with E-state index >= 15 is 0 Å². The summed E-state index contributed by atoms with van der Waals surface area (Å²) < 4.78 is 20.1. The van der Waals surface area contributed by atoms with Gasteiger partial charge in [0.25, 0.3) is 5.56 Å². The number of aliphatic hydroxyl groups excluding tert-OH is 1. The van der Waals surface area contributed by atoms with Crippen molar-refractivity contribution in [2.24, 2.45) is 0 Å². The molecule has 1 aromatic carbocycles. The normalized spacial score (nSPS) is 28.8. The Hall–Kier alpha value is -2.31. The van der Waals surface area contributed by atoms with Crippen LogP contribution in [-0.4, -0.2) is 64.1 Å². The van der Waals surface area contributed by atoms with Crippen LogP contribution in [0, 0.1) is 0 Å². The van der Waals surface area contributed by atoms with Gasteiger partial charge < -0.3 is 28.8 Å². The lowest BCUT2D eigenvalue weighted by Gasteiger charge is -2.27. The van der Waals surface area contributed by atoms with Gasteiger partial charge in [-0.15, -0.1) is 0 Å². The van der Waals surface area contributed by atoms with E-state index in [0.717, 1.165) is 36.9 Å². The highest BCUT2D eigenvalue weighted by atomic mass is 32.2. The predicted octanol–water partition coefficient (Wildman–Crippen LogP) is 3.36. The van der Waals surface area contributed by atoms with Crippen LogP contribution in [0.25, 0.3) is 28.2 Å². The van der Waals surface area contributed by atoms with Gasteiger partial charge in [0.1, 0.15) is 18.3 Å². The van der Waals surface area contributed by atoms with Gasteiger partial charge in [0.2, 0.25) is 5.78 Å². The number of aromatic amines is 1. The lowest BCUT2D eigenvalue weighted by atomic mass is 10.0. The predicted molar refractivity (Wildman–Crippen MR) is 137 cm³/mol. The first-order chi connectivity index (χ1) is 18.1. The number of H-pyrrole nitrogens is 1. The molecular formula is C24H26N5O6PS. The minimum Gasteiger partial charge on any atom is -0.386 e. The van der Waals surface area contributed by atoms with E-state index in [1.54, 1.807) is 22.5 Å². The zero-order valence-electron chi connectivity index (χ0n) is 19.8. The fourth-order valence-corrected chi connectivity index (χ4v) is 7.51. The summed E-state index contributed by atoms with van der Waals surface area (Å²) >= 11 is 1.60. The van der Waals surface area contributed by atoms with Crippen molar-refractivity contribution in [3.63, 3.8) is 0 Å². The molecule has 194 valence electrons. The van der Waals surface area contributed by atoms with Crippen molar-refractivity contribution in [2.75, 3.05) is 6.61 Å². The number of hydrogen-bond acceptors (Lipinski definition) is 9. The molecule has 3 aromatic heterocycles. The third-order valence-electron chi connectivity index (χ3n) is 7.25. The molecule has 5 heterocycles. The average Bonchev–Trinajstić information content (AvgIpc) is 3.60. The maximum Gasteiger partial charge on any atom is 0.330 e. The quantitative estimate of drug-likeness (QED) is 0.331. The van der Waals surface area contributed by atoms with Crippen molar-refractivity contribution in [1.29, 1.82) is 0 Å². The SMILES string of the molecule is O=c1c2nc(SC3CCCCC3)n([C@@H]3OC4CO[P@@](O)O[C@H]4[C@@H]3O)c2nc2[nH]c(-c3ccccc3)cn12. The monoisotopic (exact) mass is 543 g/mol. The highest BCUT2D eigenvalue weighted by Gasteiger charge is 2.51. The van der Waals surface area contributed by atoms with Crippen molar-refractivity contribution in [3.8, 4) is 11.3 Å². The zero-order valence-corrected chi connectivity index (χ0v) is 21.5. The van der Waals surface area contributed by atoms with E-state index in [-0.39, 0.29) is 17.7 Å². The Morgan fingerprint density at radius 2 is 1.95 bits per heavy atom. The van der Waals surface area contributed by atoms with Crippen LogP contribution in [0.15, 0.2) is 46.5 Å². The molecule has 0 amide bonds. The Kier molecular flexibility index (Phi) is 6.08. The smallest absolute Gasteiger partial charge is 0.330 e. The number of nitrogens with zero attached hydrogens (tertiary/aromatic N) is 4. The van der Waals surface area contributed by atoms with Crippen LogP contribution in [0.5, 0.6) is 0 Å². The molecule has 3 fully saturated rings. The number of ether oxygens (including phenoxy) is 1. The van der Waals surface area contributed by atoms with E-state index in [2.05, 4.69) is 4.98 Å². The molecule has 0 bridgehead atoms. The molecule has 0 radical (unpaired) electrons. The van der Waals surface area contributed by atoms with E-state index in [1.165, 1.54) is 10.8 Å². The third-order valence-corrected chi connectivity index (χ3v) is 9.35. The van der Waals surface area contributed by atoms with Gasteiger partial charge in [-0.1, -0.05) is 61.4 Å². The lowest BCUT2D eigenvalue weighted by Crippen LogP contribution is -2.38. The Balaban J connectivity index is 1.37. The highest BCUT2D eigenvalue weighted by Crippen LogP contribution is 2.47. The Labute approximate surface area is 216 Å². The van der Waals surface area contributed by atoms with Crippen molar-refractivity contribution in [3.05, 3.63) is 46.9 Å². The molecule has 1 aliphatic carbocycles. The number of aromatic nitrogens is 5. The fourth-order valence-electron chi connectivity index (χ4n) is 5.39. The minimum atomic E-state index is -2.07. The highest BCUT2D eigenvalue weighted by molar-refractivity contribution is 7.99. The molecule has 3 N–H and O–H groups in total. The molecule has 4 aromatic rings. The summed E-state index contributed by atoms with van der Waals surface area (Å²) in [5.74, 6) is 0.370. The Morgan fingerprint density at radius 3 is 2.76 bits per heavy atom. The molecule has 3 aliphatic rings. The van der Waals surface area contributed by atoms with Gasteiger partial charge in [0.15, 0.2) is 22.5 Å². The summed E-state index contributed by atoms with van der Waals surface area (Å²) in [6.07, 6.45) is 4.09. The van der Waals surface area contributed by atoms with E-state index in [4.69, 9.17) is 23.8 Å². The zero-order chi connectivity index (χ0) is 25.1. The molecule has 1 unspecified atom stereocenters. The molecule has 37 heavy (non-hydrogen) atoms. The van der Waals surface area contributed by atoms with Crippen LogP contribution >= 0.6 is 20.4 Å². The molecule has 2 aliphatic heterocycles. The van der Waals surface area contributed by atoms with Gasteiger partial charge in [-0.3, -0.25) is 9.36 Å². The summed E-state index contributed by atoms with van der Waals surface area (Å²) in [7, 11) is -2.07. The number of fused-ring (bicyclic) bond motifs is 3. The second kappa shape index (κ2) is 9.46. The van der Waals surface area contributed by atoms with E-state index in [9.17, 15) is 14.8 Å². The van der Waals surface area contributed by atoms with Crippen molar-refractivity contribution in [1.82, 2.24) is 23.9 Å². The second-order valence-corrected chi connectivity index (χ2v) is 11.8. The average molecular weight is 544 g/mol. The number of thioether (sulfide) groups is 1. The van der Waals surface area contributed by atoms with Crippen LogP contribution in [0.1, 0.15) is 38.3 Å². The van der Waals surface area contributed by atoms with Crippen LogP contribution < -0.4 is 5.56 Å². The van der Waals surface area contributed by atoms with Gasteiger partial charge in [-0.25, -0.2) is 9.38 Å². The van der Waals surface area contributed by atoms with Gasteiger partial charge in [-0.05, 0) is 18.4 Å². The van der Waals surface area contributed by atoms with Crippen molar-refractivity contribution in [2.45, 2.75) is 67.1 Å². The van der Waals surface area contributed by atoms with Gasteiger partial charge in [0.05, 0.1) is 12.3 Å². The third kappa shape index (κ3) is 4.11. The number of imidazole rings is 2. The topological polar surface area (TPSA) is 136 Å². The number of rotatable bonds is 4. The van der Waals surface area contributed by atoms with E-state index in [0.29, 0.717) is 21.8 Å². The first-order valence-corrected chi connectivity index (χ1v) is 14.5. The van der Waals surface area contributed by atoms with Crippen molar-refractivity contribution >= 4 is 37.3 Å². The number of nitrogens with one attached hydrogen (secondary N) is 1. The second-order valence-electron chi connectivity index (χ2n) is 9.62. The van der Waals surface area contributed by atoms with Crippen LogP contribution in [0.3, 0.4) is 0 Å². The van der Waals surface area contributed by atoms with Gasteiger partial charge in [0, 0.05) is 11.4 Å². The largest absolute Gasteiger partial charge is 0.386 e. The summed E-state index contributed by atoms with van der Waals surface area (Å²) in [5.41, 5.74) is 1.93. The number of aliphatic hydroxyl groups is 1. The number of benzene rings is 1. The summed E-state index contributed by atoms with van der Waals surface area (Å²) in [4.78, 5) is 36.3. The molecule has 0 spiro atoms. The fraction of sp³-hybridized carbons (Fsp3) is 0.458. The summed E-state index contributed by atoms with van der Waals surface area (Å²) in [6.45, 7) is 0.107. The lowest BCUT2D eigenvalue weighted by molar-refractivity contribution is -0.0614. The molecule has 7 rings (SSSR count). The molecule has 11 nitrogen and oxygen atoms in total. The molecule has 5 atom stereocenters. The van der Waals surface area contributed by atoms with Crippen molar-refractivity contribution < 1.29 is 23.8 Å². The van der Waals surface area contributed by atoms with Gasteiger partial charge in [-0.2, -0.15) is 4.98 Å². The van der Waals surface area contributed by atoms with E-state index < -0.39 is 33.1 Å². The van der Waals surface area contributed by atoms with Crippen LogP contribution in [0.2, 0.25) is 0 Å². The van der Waals surface area contributed by atoms with Crippen LogP contribution in [-0.2, 0) is 13.8 Å². The summed E-state index contributed by atoms with van der Waals surface area (Å²) in [5, 5.41) is 12.2. The Morgan fingerprint density at radius 1 is 1.14 bits per heavy atom. The maximum atomic E-state index is 13.6. The van der Waals surface area contributed by atoms with Crippen LogP contribution in [0.4, 0.5) is 0 Å². The first-order valence-electron chi connectivity index (χ1n) is 12.4.